The summed E-state index contributed by atoms with van der Waals surface area (Å²) in [6.45, 7) is 5.82. The number of urea groups is 1. The van der Waals surface area contributed by atoms with Gasteiger partial charge in [0.15, 0.2) is 0 Å². The van der Waals surface area contributed by atoms with Gasteiger partial charge in [0.25, 0.3) is 0 Å². The number of rotatable bonds is 6. The molecule has 0 aromatic heterocycles. The van der Waals surface area contributed by atoms with Gasteiger partial charge < -0.3 is 25.4 Å². The van der Waals surface area contributed by atoms with Crippen LogP contribution in [-0.2, 0) is 4.74 Å². The van der Waals surface area contributed by atoms with Gasteiger partial charge in [-0.3, -0.25) is 0 Å². The van der Waals surface area contributed by atoms with Gasteiger partial charge in [-0.25, -0.2) is 9.59 Å². The lowest BCUT2D eigenvalue weighted by Gasteiger charge is -2.31. The highest BCUT2D eigenvalue weighted by molar-refractivity contribution is 5.89. The molecule has 1 fully saturated rings. The third kappa shape index (κ3) is 7.66. The molecule has 1 unspecified atom stereocenters. The van der Waals surface area contributed by atoms with Crippen molar-refractivity contribution in [2.24, 2.45) is 5.92 Å². The smallest absolute Gasteiger partial charge is 0.407 e. The lowest BCUT2D eigenvalue weighted by Crippen LogP contribution is -2.50. The third-order valence-corrected chi connectivity index (χ3v) is 4.75. The van der Waals surface area contributed by atoms with E-state index >= 15 is 0 Å². The van der Waals surface area contributed by atoms with Crippen LogP contribution in [0, 0.1) is 5.92 Å². The van der Waals surface area contributed by atoms with Crippen molar-refractivity contribution in [2.75, 3.05) is 19.0 Å². The molecule has 1 saturated carbocycles. The molecular formula is C21H33N3O4. The molecule has 1 aliphatic rings. The zero-order valence-electron chi connectivity index (χ0n) is 17.3. The number of amides is 3. The van der Waals surface area contributed by atoms with E-state index in [2.05, 4.69) is 16.0 Å². The number of carbonyl (C=O) groups excluding carboxylic acids is 2. The number of ether oxygens (including phenoxy) is 2. The molecule has 7 heteroatoms. The summed E-state index contributed by atoms with van der Waals surface area (Å²) in [5.74, 6) is 1.07. The maximum atomic E-state index is 12.5. The molecule has 0 aliphatic heterocycles. The fourth-order valence-electron chi connectivity index (χ4n) is 3.39. The van der Waals surface area contributed by atoms with Crippen LogP contribution in [0.5, 0.6) is 5.75 Å². The molecule has 28 heavy (non-hydrogen) atoms. The van der Waals surface area contributed by atoms with Gasteiger partial charge in [-0.2, -0.15) is 0 Å². The first-order valence-corrected chi connectivity index (χ1v) is 9.95. The molecule has 0 spiro atoms. The molecule has 1 aliphatic carbocycles. The van der Waals surface area contributed by atoms with E-state index in [-0.39, 0.29) is 12.1 Å². The summed E-state index contributed by atoms with van der Waals surface area (Å²) in [7, 11) is 1.60. The minimum atomic E-state index is -0.552. The average molecular weight is 392 g/mol. The molecule has 3 amide bonds. The molecular weight excluding hydrogens is 358 g/mol. The number of benzene rings is 1. The first-order valence-electron chi connectivity index (χ1n) is 9.95. The van der Waals surface area contributed by atoms with Crippen LogP contribution in [0.2, 0.25) is 0 Å². The summed E-state index contributed by atoms with van der Waals surface area (Å²) in [6.07, 6.45) is 5.14. The van der Waals surface area contributed by atoms with Crippen LogP contribution in [0.1, 0.15) is 52.9 Å². The van der Waals surface area contributed by atoms with Gasteiger partial charge in [0.2, 0.25) is 0 Å². The van der Waals surface area contributed by atoms with Gasteiger partial charge in [-0.15, -0.1) is 0 Å². The van der Waals surface area contributed by atoms with Crippen molar-refractivity contribution in [3.63, 3.8) is 0 Å². The van der Waals surface area contributed by atoms with Gasteiger partial charge in [-0.1, -0.05) is 19.3 Å². The van der Waals surface area contributed by atoms with E-state index in [0.29, 0.717) is 18.2 Å². The largest absolute Gasteiger partial charge is 0.497 e. The fraction of sp³-hybridized carbons (Fsp3) is 0.619. The van der Waals surface area contributed by atoms with Crippen LogP contribution in [0.25, 0.3) is 0 Å². The predicted molar refractivity (Wildman–Crippen MR) is 110 cm³/mol. The number of hydrogen-bond donors (Lipinski definition) is 3. The molecule has 1 aromatic carbocycles. The molecule has 3 N–H and O–H groups in total. The molecule has 0 radical (unpaired) electrons. The lowest BCUT2D eigenvalue weighted by atomic mass is 9.84. The van der Waals surface area contributed by atoms with Gasteiger partial charge >= 0.3 is 12.1 Å². The molecule has 2 rings (SSSR count). The molecule has 0 saturated heterocycles. The van der Waals surface area contributed by atoms with Crippen LogP contribution in [0.4, 0.5) is 15.3 Å². The second-order valence-electron chi connectivity index (χ2n) is 8.21. The number of hydrogen-bond acceptors (Lipinski definition) is 4. The van der Waals surface area contributed by atoms with Crippen molar-refractivity contribution in [1.82, 2.24) is 10.6 Å². The van der Waals surface area contributed by atoms with E-state index in [1.807, 2.05) is 20.8 Å². The number of methoxy groups -OCH3 is 1. The van der Waals surface area contributed by atoms with Crippen LogP contribution >= 0.6 is 0 Å². The van der Waals surface area contributed by atoms with Crippen LogP contribution in [0.3, 0.4) is 0 Å². The van der Waals surface area contributed by atoms with Crippen molar-refractivity contribution in [3.05, 3.63) is 24.3 Å². The summed E-state index contributed by atoms with van der Waals surface area (Å²) in [5.41, 5.74) is 0.129. The Bertz CT molecular complexity index is 634. The van der Waals surface area contributed by atoms with Gasteiger partial charge in [-0.05, 0) is 63.8 Å². The van der Waals surface area contributed by atoms with E-state index in [1.165, 1.54) is 6.42 Å². The summed E-state index contributed by atoms with van der Waals surface area (Å²) in [4.78, 5) is 24.5. The van der Waals surface area contributed by atoms with Crippen molar-refractivity contribution in [3.8, 4) is 5.75 Å². The molecule has 7 nitrogen and oxygen atoms in total. The Morgan fingerprint density at radius 1 is 1.11 bits per heavy atom. The topological polar surface area (TPSA) is 88.7 Å². The zero-order chi connectivity index (χ0) is 20.6. The van der Waals surface area contributed by atoms with Gasteiger partial charge in [0.1, 0.15) is 11.4 Å². The highest BCUT2D eigenvalue weighted by Gasteiger charge is 2.26. The predicted octanol–water partition coefficient (Wildman–Crippen LogP) is 4.29. The number of nitrogens with one attached hydrogen (secondary N) is 3. The van der Waals surface area contributed by atoms with Crippen molar-refractivity contribution in [2.45, 2.75) is 64.5 Å². The highest BCUT2D eigenvalue weighted by Crippen LogP contribution is 2.26. The van der Waals surface area contributed by atoms with Crippen LogP contribution in [0.15, 0.2) is 24.3 Å². The minimum absolute atomic E-state index is 0.147. The van der Waals surface area contributed by atoms with E-state index in [4.69, 9.17) is 9.47 Å². The SMILES string of the molecule is COc1ccc(NC(=O)NC(CNC(=O)OC(C)(C)C)C2CCCCC2)cc1. The number of anilines is 1. The fourth-order valence-corrected chi connectivity index (χ4v) is 3.39. The summed E-state index contributed by atoms with van der Waals surface area (Å²) < 4.78 is 10.4. The quantitative estimate of drug-likeness (QED) is 0.675. The summed E-state index contributed by atoms with van der Waals surface area (Å²) in [5, 5.41) is 8.67. The summed E-state index contributed by atoms with van der Waals surface area (Å²) in [6, 6.07) is 6.72. The first kappa shape index (κ1) is 21.9. The van der Waals surface area contributed by atoms with E-state index in [9.17, 15) is 9.59 Å². The van der Waals surface area contributed by atoms with Crippen LogP contribution < -0.4 is 20.7 Å². The van der Waals surface area contributed by atoms with Crippen LogP contribution in [-0.4, -0.2) is 37.4 Å². The Labute approximate surface area is 167 Å². The molecule has 0 heterocycles. The maximum absolute atomic E-state index is 12.5. The van der Waals surface area contributed by atoms with Crippen molar-refractivity contribution in [1.29, 1.82) is 0 Å². The van der Waals surface area contributed by atoms with Crippen molar-refractivity contribution < 1.29 is 19.1 Å². The molecule has 156 valence electrons. The molecule has 0 bridgehead atoms. The second-order valence-corrected chi connectivity index (χ2v) is 8.21. The van der Waals surface area contributed by atoms with Gasteiger partial charge in [0.05, 0.1) is 13.2 Å². The Kier molecular flexibility index (Phi) is 7.96. The monoisotopic (exact) mass is 391 g/mol. The van der Waals surface area contributed by atoms with E-state index in [1.54, 1.807) is 31.4 Å². The van der Waals surface area contributed by atoms with E-state index in [0.717, 1.165) is 31.4 Å². The molecule has 1 atom stereocenters. The Morgan fingerprint density at radius 2 is 1.75 bits per heavy atom. The highest BCUT2D eigenvalue weighted by atomic mass is 16.6. The Morgan fingerprint density at radius 3 is 2.32 bits per heavy atom. The second kappa shape index (κ2) is 10.2. The van der Waals surface area contributed by atoms with E-state index < -0.39 is 11.7 Å². The first-order chi connectivity index (χ1) is 13.3. The number of carbonyl (C=O) groups is 2. The van der Waals surface area contributed by atoms with Crippen molar-refractivity contribution >= 4 is 17.8 Å². The standard InChI is InChI=1S/C21H33N3O4/c1-21(2,3)28-20(26)22-14-18(15-8-6-5-7-9-15)24-19(25)23-16-10-12-17(27-4)13-11-16/h10-13,15,18H,5-9,14H2,1-4H3,(H,22,26)(H2,23,24,25). The molecule has 1 aromatic rings. The lowest BCUT2D eigenvalue weighted by molar-refractivity contribution is 0.0516. The third-order valence-electron chi connectivity index (χ3n) is 4.75. The summed E-state index contributed by atoms with van der Waals surface area (Å²) >= 11 is 0. The Hall–Kier alpha value is -2.44. The Balaban J connectivity index is 1.93. The van der Waals surface area contributed by atoms with Gasteiger partial charge in [0, 0.05) is 12.2 Å². The normalized spacial score (nSPS) is 16.0. The average Bonchev–Trinajstić information content (AvgIpc) is 2.65. The maximum Gasteiger partial charge on any atom is 0.407 e. The zero-order valence-corrected chi connectivity index (χ0v) is 17.3. The number of alkyl carbamates (subject to hydrolysis) is 1. The minimum Gasteiger partial charge on any atom is -0.497 e.